The number of halogens is 1. The summed E-state index contributed by atoms with van der Waals surface area (Å²) in [4.78, 5) is 16.5. The zero-order valence-corrected chi connectivity index (χ0v) is 13.6. The maximum absolute atomic E-state index is 12.2. The normalized spacial score (nSPS) is 22.2. The van der Waals surface area contributed by atoms with Gasteiger partial charge < -0.3 is 15.5 Å². The van der Waals surface area contributed by atoms with Crippen molar-refractivity contribution in [1.29, 1.82) is 0 Å². The standard InChI is InChI=1S/C14H29N3O.ClH/c1-5-11(3)13(15)14(18)17-8-7-12(10-17)9-16(4)6-2;/h11-13H,5-10,15H2,1-4H3;1H. The van der Waals surface area contributed by atoms with Gasteiger partial charge in [-0.25, -0.2) is 0 Å². The Hall–Kier alpha value is -0.320. The van der Waals surface area contributed by atoms with E-state index in [0.29, 0.717) is 5.92 Å². The number of carbonyl (C=O) groups excluding carboxylic acids is 1. The Labute approximate surface area is 124 Å². The molecule has 1 aliphatic rings. The SMILES string of the molecule is CCC(C)C(N)C(=O)N1CCC(CN(C)CC)C1.Cl. The highest BCUT2D eigenvalue weighted by molar-refractivity contribution is 5.85. The molecule has 4 nitrogen and oxygen atoms in total. The first-order chi connectivity index (χ1) is 8.49. The van der Waals surface area contributed by atoms with E-state index in [9.17, 15) is 4.79 Å². The molecule has 0 spiro atoms. The molecule has 0 saturated carbocycles. The Morgan fingerprint density at radius 1 is 1.47 bits per heavy atom. The third-order valence-electron chi connectivity index (χ3n) is 4.25. The van der Waals surface area contributed by atoms with E-state index in [2.05, 4.69) is 32.7 Å². The number of carbonyl (C=O) groups is 1. The number of nitrogens with two attached hydrogens (primary N) is 1. The number of nitrogens with zero attached hydrogens (tertiary/aromatic N) is 2. The van der Waals surface area contributed by atoms with E-state index in [1.165, 1.54) is 0 Å². The largest absolute Gasteiger partial charge is 0.341 e. The second-order valence-corrected chi connectivity index (χ2v) is 5.71. The zero-order valence-electron chi connectivity index (χ0n) is 12.8. The fourth-order valence-corrected chi connectivity index (χ4v) is 2.46. The van der Waals surface area contributed by atoms with E-state index >= 15 is 0 Å². The molecule has 1 amide bonds. The number of hydrogen-bond donors (Lipinski definition) is 1. The van der Waals surface area contributed by atoms with Gasteiger partial charge in [-0.2, -0.15) is 0 Å². The van der Waals surface area contributed by atoms with Gasteiger partial charge in [-0.05, 0) is 31.8 Å². The van der Waals surface area contributed by atoms with Gasteiger partial charge in [0.2, 0.25) is 5.91 Å². The first kappa shape index (κ1) is 18.7. The van der Waals surface area contributed by atoms with Crippen molar-refractivity contribution in [1.82, 2.24) is 9.80 Å². The van der Waals surface area contributed by atoms with Crippen LogP contribution in [0.3, 0.4) is 0 Å². The van der Waals surface area contributed by atoms with E-state index in [0.717, 1.165) is 39.0 Å². The van der Waals surface area contributed by atoms with Gasteiger partial charge >= 0.3 is 0 Å². The third kappa shape index (κ3) is 5.28. The summed E-state index contributed by atoms with van der Waals surface area (Å²) in [6.45, 7) is 10.2. The van der Waals surface area contributed by atoms with E-state index in [-0.39, 0.29) is 30.3 Å². The Balaban J connectivity index is 0.00000324. The van der Waals surface area contributed by atoms with Crippen LogP contribution >= 0.6 is 12.4 Å². The lowest BCUT2D eigenvalue weighted by atomic mass is 9.99. The Morgan fingerprint density at radius 3 is 2.63 bits per heavy atom. The van der Waals surface area contributed by atoms with Crippen LogP contribution in [-0.4, -0.2) is 55.0 Å². The third-order valence-corrected chi connectivity index (χ3v) is 4.25. The number of likely N-dealkylation sites (tertiary alicyclic amines) is 1. The molecule has 1 rings (SSSR count). The summed E-state index contributed by atoms with van der Waals surface area (Å²) in [7, 11) is 2.13. The predicted molar refractivity (Wildman–Crippen MR) is 82.5 cm³/mol. The molecule has 0 aromatic rings. The van der Waals surface area contributed by atoms with Crippen LogP contribution in [0.4, 0.5) is 0 Å². The van der Waals surface area contributed by atoms with Gasteiger partial charge in [0.25, 0.3) is 0 Å². The molecule has 1 saturated heterocycles. The quantitative estimate of drug-likeness (QED) is 0.808. The maximum atomic E-state index is 12.2. The van der Waals surface area contributed by atoms with E-state index in [1.54, 1.807) is 0 Å². The van der Waals surface area contributed by atoms with Crippen LogP contribution in [0.1, 0.15) is 33.6 Å². The summed E-state index contributed by atoms with van der Waals surface area (Å²) in [5.41, 5.74) is 6.02. The van der Waals surface area contributed by atoms with Crippen LogP contribution in [-0.2, 0) is 4.79 Å². The van der Waals surface area contributed by atoms with Crippen molar-refractivity contribution in [3.63, 3.8) is 0 Å². The Bertz CT molecular complexity index is 275. The molecule has 0 aromatic heterocycles. The predicted octanol–water partition coefficient (Wildman–Crippen LogP) is 1.58. The van der Waals surface area contributed by atoms with Crippen molar-refractivity contribution in [3.8, 4) is 0 Å². The van der Waals surface area contributed by atoms with E-state index < -0.39 is 0 Å². The molecule has 114 valence electrons. The average molecular weight is 292 g/mol. The summed E-state index contributed by atoms with van der Waals surface area (Å²) >= 11 is 0. The molecule has 19 heavy (non-hydrogen) atoms. The van der Waals surface area contributed by atoms with Crippen molar-refractivity contribution in [2.45, 2.75) is 39.7 Å². The number of amides is 1. The van der Waals surface area contributed by atoms with Crippen molar-refractivity contribution in [3.05, 3.63) is 0 Å². The minimum Gasteiger partial charge on any atom is -0.341 e. The smallest absolute Gasteiger partial charge is 0.239 e. The molecule has 1 aliphatic heterocycles. The van der Waals surface area contributed by atoms with Crippen LogP contribution in [0.25, 0.3) is 0 Å². The minimum atomic E-state index is -0.322. The number of hydrogen-bond acceptors (Lipinski definition) is 3. The first-order valence-corrected chi connectivity index (χ1v) is 7.22. The van der Waals surface area contributed by atoms with Crippen molar-refractivity contribution < 1.29 is 4.79 Å². The maximum Gasteiger partial charge on any atom is 0.239 e. The minimum absolute atomic E-state index is 0. The van der Waals surface area contributed by atoms with Gasteiger partial charge in [-0.3, -0.25) is 4.79 Å². The van der Waals surface area contributed by atoms with Crippen molar-refractivity contribution in [2.75, 3.05) is 33.2 Å². The molecule has 5 heteroatoms. The monoisotopic (exact) mass is 291 g/mol. The molecule has 0 radical (unpaired) electrons. The molecule has 0 aliphatic carbocycles. The number of rotatable bonds is 6. The van der Waals surface area contributed by atoms with Crippen molar-refractivity contribution >= 4 is 18.3 Å². The molecule has 3 atom stereocenters. The molecular weight excluding hydrogens is 262 g/mol. The fourth-order valence-electron chi connectivity index (χ4n) is 2.46. The first-order valence-electron chi connectivity index (χ1n) is 7.22. The van der Waals surface area contributed by atoms with Crippen LogP contribution < -0.4 is 5.73 Å². The summed E-state index contributed by atoms with van der Waals surface area (Å²) in [6.07, 6.45) is 2.08. The fraction of sp³-hybridized carbons (Fsp3) is 0.929. The summed E-state index contributed by atoms with van der Waals surface area (Å²) < 4.78 is 0. The highest BCUT2D eigenvalue weighted by atomic mass is 35.5. The Morgan fingerprint density at radius 2 is 2.11 bits per heavy atom. The second kappa shape index (κ2) is 8.77. The molecule has 1 heterocycles. The van der Waals surface area contributed by atoms with Crippen LogP contribution in [0.2, 0.25) is 0 Å². The topological polar surface area (TPSA) is 49.6 Å². The average Bonchev–Trinajstić information content (AvgIpc) is 2.84. The van der Waals surface area contributed by atoms with Crippen LogP contribution in [0, 0.1) is 11.8 Å². The molecular formula is C14H30ClN3O. The molecule has 3 unspecified atom stereocenters. The van der Waals surface area contributed by atoms with E-state index in [1.807, 2.05) is 4.90 Å². The van der Waals surface area contributed by atoms with E-state index in [4.69, 9.17) is 5.73 Å². The van der Waals surface area contributed by atoms with Gasteiger partial charge in [-0.15, -0.1) is 12.4 Å². The van der Waals surface area contributed by atoms with Gasteiger partial charge in [0.05, 0.1) is 6.04 Å². The summed E-state index contributed by atoms with van der Waals surface area (Å²) in [6, 6.07) is -0.322. The highest BCUT2D eigenvalue weighted by Crippen LogP contribution is 2.19. The van der Waals surface area contributed by atoms with Gasteiger partial charge in [0.15, 0.2) is 0 Å². The lowest BCUT2D eigenvalue weighted by molar-refractivity contribution is -0.132. The molecule has 0 aromatic carbocycles. The van der Waals surface area contributed by atoms with Gasteiger partial charge in [-0.1, -0.05) is 27.2 Å². The lowest BCUT2D eigenvalue weighted by Gasteiger charge is -2.25. The summed E-state index contributed by atoms with van der Waals surface area (Å²) in [5, 5.41) is 0. The summed E-state index contributed by atoms with van der Waals surface area (Å²) in [5.74, 6) is 1.03. The molecule has 2 N–H and O–H groups in total. The van der Waals surface area contributed by atoms with Crippen molar-refractivity contribution in [2.24, 2.45) is 17.6 Å². The van der Waals surface area contributed by atoms with Gasteiger partial charge in [0.1, 0.15) is 0 Å². The second-order valence-electron chi connectivity index (χ2n) is 5.71. The molecule has 1 fully saturated rings. The Kier molecular flexibility index (Phi) is 8.62. The molecule has 0 bridgehead atoms. The van der Waals surface area contributed by atoms with Crippen LogP contribution in [0.5, 0.6) is 0 Å². The van der Waals surface area contributed by atoms with Gasteiger partial charge in [0, 0.05) is 19.6 Å². The van der Waals surface area contributed by atoms with Crippen LogP contribution in [0.15, 0.2) is 0 Å². The highest BCUT2D eigenvalue weighted by Gasteiger charge is 2.31. The lowest BCUT2D eigenvalue weighted by Crippen LogP contribution is -2.46. The zero-order chi connectivity index (χ0) is 13.7.